The van der Waals surface area contributed by atoms with Gasteiger partial charge in [0.25, 0.3) is 0 Å². The lowest BCUT2D eigenvalue weighted by Gasteiger charge is -2.15. The maximum atomic E-state index is 11.6. The zero-order chi connectivity index (χ0) is 8.48. The molecule has 1 heterocycles. The van der Waals surface area contributed by atoms with Gasteiger partial charge in [-0.2, -0.15) is 0 Å². The van der Waals surface area contributed by atoms with Gasteiger partial charge in [0.05, 0.1) is 0 Å². The van der Waals surface area contributed by atoms with E-state index < -0.39 is 7.37 Å². The average molecular weight is 193 g/mol. The molecule has 0 aliphatic carbocycles. The van der Waals surface area contributed by atoms with E-state index in [2.05, 4.69) is 0 Å². The Labute approximate surface area is 71.3 Å². The number of rotatable bonds is 1. The van der Waals surface area contributed by atoms with Gasteiger partial charge in [0.2, 0.25) is 7.37 Å². The van der Waals surface area contributed by atoms with Crippen molar-refractivity contribution < 1.29 is 9.09 Å². The van der Waals surface area contributed by atoms with Crippen LogP contribution in [0.15, 0.2) is 22.5 Å². The highest BCUT2D eigenvalue weighted by molar-refractivity contribution is 7.62. The summed E-state index contributed by atoms with van der Waals surface area (Å²) in [6.07, 6.45) is 2.15. The van der Waals surface area contributed by atoms with Gasteiger partial charge in [0.15, 0.2) is 0 Å². The van der Waals surface area contributed by atoms with Crippen LogP contribution in [0, 0.1) is 0 Å². The molecule has 1 aliphatic heterocycles. The van der Waals surface area contributed by atoms with E-state index in [4.69, 9.17) is 16.1 Å². The number of hydrogen-bond donors (Lipinski definition) is 0. The third kappa shape index (κ3) is 1.96. The van der Waals surface area contributed by atoms with Gasteiger partial charge in [-0.3, -0.25) is 4.57 Å². The standard InChI is InChI=1S/C7H10ClO2P/c1-6-5-11(9,10-2)4-3-7(6)8/h3,5H,4H2,1-2H3. The second-order valence-electron chi connectivity index (χ2n) is 2.46. The quantitative estimate of drug-likeness (QED) is 0.597. The lowest BCUT2D eigenvalue weighted by molar-refractivity contribution is 0.404. The maximum absolute atomic E-state index is 11.6. The fourth-order valence-electron chi connectivity index (χ4n) is 0.905. The first kappa shape index (κ1) is 9.05. The normalized spacial score (nSPS) is 31.2. The van der Waals surface area contributed by atoms with E-state index in [1.54, 1.807) is 11.9 Å². The van der Waals surface area contributed by atoms with Crippen molar-refractivity contribution in [3.63, 3.8) is 0 Å². The Morgan fingerprint density at radius 1 is 1.73 bits per heavy atom. The lowest BCUT2D eigenvalue weighted by atomic mass is 10.3. The van der Waals surface area contributed by atoms with Crippen LogP contribution in [0.25, 0.3) is 0 Å². The monoisotopic (exact) mass is 192 g/mol. The van der Waals surface area contributed by atoms with Crippen molar-refractivity contribution in [2.75, 3.05) is 13.3 Å². The van der Waals surface area contributed by atoms with Crippen molar-refractivity contribution >= 4 is 19.0 Å². The molecule has 4 heteroatoms. The number of allylic oxidation sites excluding steroid dienone is 3. The van der Waals surface area contributed by atoms with Crippen molar-refractivity contribution in [3.05, 3.63) is 22.5 Å². The fraction of sp³-hybridized carbons (Fsp3) is 0.429. The van der Waals surface area contributed by atoms with Crippen molar-refractivity contribution in [2.24, 2.45) is 0 Å². The summed E-state index contributed by atoms with van der Waals surface area (Å²) in [5.74, 6) is 1.62. The Balaban J connectivity index is 2.94. The molecule has 0 amide bonds. The smallest absolute Gasteiger partial charge is 0.228 e. The third-order valence-electron chi connectivity index (χ3n) is 1.60. The molecule has 0 spiro atoms. The summed E-state index contributed by atoms with van der Waals surface area (Å²) in [5.41, 5.74) is 0.836. The minimum atomic E-state index is -2.51. The van der Waals surface area contributed by atoms with E-state index >= 15 is 0 Å². The topological polar surface area (TPSA) is 26.3 Å². The van der Waals surface area contributed by atoms with Crippen LogP contribution in [0.2, 0.25) is 0 Å². The van der Waals surface area contributed by atoms with Crippen molar-refractivity contribution in [1.29, 1.82) is 0 Å². The Morgan fingerprint density at radius 2 is 2.36 bits per heavy atom. The van der Waals surface area contributed by atoms with Crippen LogP contribution in [0.5, 0.6) is 0 Å². The summed E-state index contributed by atoms with van der Waals surface area (Å²) in [7, 11) is -1.05. The summed E-state index contributed by atoms with van der Waals surface area (Å²) in [6.45, 7) is 1.82. The molecular formula is C7H10ClO2P. The maximum Gasteiger partial charge on any atom is 0.228 e. The van der Waals surface area contributed by atoms with Crippen LogP contribution in [-0.4, -0.2) is 13.3 Å². The van der Waals surface area contributed by atoms with Gasteiger partial charge in [0.1, 0.15) is 0 Å². The first-order valence-electron chi connectivity index (χ1n) is 3.27. The fourth-order valence-corrected chi connectivity index (χ4v) is 2.75. The number of halogens is 1. The van der Waals surface area contributed by atoms with E-state index in [0.29, 0.717) is 11.2 Å². The highest BCUT2D eigenvalue weighted by Crippen LogP contribution is 2.52. The molecule has 0 aromatic rings. The third-order valence-corrected chi connectivity index (χ3v) is 4.14. The Kier molecular flexibility index (Phi) is 2.58. The largest absolute Gasteiger partial charge is 0.329 e. The molecule has 0 saturated carbocycles. The van der Waals surface area contributed by atoms with Crippen LogP contribution in [0.4, 0.5) is 0 Å². The summed E-state index contributed by atoms with van der Waals surface area (Å²) in [6, 6.07) is 0. The summed E-state index contributed by atoms with van der Waals surface area (Å²) in [5, 5.41) is 0.675. The Hall–Kier alpha value is -0.0400. The Bertz CT molecular complexity index is 268. The molecule has 0 aromatic carbocycles. The molecule has 1 aliphatic rings. The molecule has 1 rings (SSSR count). The molecule has 0 aromatic heterocycles. The van der Waals surface area contributed by atoms with E-state index in [1.165, 1.54) is 7.11 Å². The zero-order valence-corrected chi connectivity index (χ0v) is 8.15. The van der Waals surface area contributed by atoms with Crippen LogP contribution >= 0.6 is 19.0 Å². The first-order valence-corrected chi connectivity index (χ1v) is 5.53. The minimum absolute atomic E-state index is 0.416. The van der Waals surface area contributed by atoms with Gasteiger partial charge in [-0.25, -0.2) is 0 Å². The molecule has 0 fully saturated rings. The van der Waals surface area contributed by atoms with Crippen LogP contribution in [0.3, 0.4) is 0 Å². The molecule has 62 valence electrons. The van der Waals surface area contributed by atoms with E-state index in [-0.39, 0.29) is 0 Å². The predicted octanol–water partition coefficient (Wildman–Crippen LogP) is 2.95. The predicted molar refractivity (Wildman–Crippen MR) is 47.2 cm³/mol. The number of hydrogen-bond acceptors (Lipinski definition) is 2. The summed E-state index contributed by atoms with van der Waals surface area (Å²) < 4.78 is 16.4. The highest BCUT2D eigenvalue weighted by atomic mass is 35.5. The van der Waals surface area contributed by atoms with Crippen LogP contribution in [0.1, 0.15) is 6.92 Å². The van der Waals surface area contributed by atoms with Crippen LogP contribution < -0.4 is 0 Å². The van der Waals surface area contributed by atoms with Gasteiger partial charge in [0, 0.05) is 24.1 Å². The van der Waals surface area contributed by atoms with Gasteiger partial charge < -0.3 is 4.52 Å². The second kappa shape index (κ2) is 3.14. The van der Waals surface area contributed by atoms with Gasteiger partial charge in [-0.1, -0.05) is 17.7 Å². The second-order valence-corrected chi connectivity index (χ2v) is 5.30. The SMILES string of the molecule is COP1(=O)C=C(C)C(Cl)=CC1. The highest BCUT2D eigenvalue weighted by Gasteiger charge is 2.21. The van der Waals surface area contributed by atoms with Crippen molar-refractivity contribution in [3.8, 4) is 0 Å². The molecule has 1 unspecified atom stereocenters. The molecule has 0 saturated heterocycles. The first-order chi connectivity index (χ1) is 5.07. The zero-order valence-electron chi connectivity index (χ0n) is 6.50. The molecular weight excluding hydrogens is 183 g/mol. The van der Waals surface area contributed by atoms with Gasteiger partial charge in [-0.15, -0.1) is 0 Å². The molecule has 1 atom stereocenters. The van der Waals surface area contributed by atoms with Gasteiger partial charge >= 0.3 is 0 Å². The van der Waals surface area contributed by atoms with Gasteiger partial charge in [-0.05, 0) is 12.5 Å². The lowest BCUT2D eigenvalue weighted by Crippen LogP contribution is -1.94. The van der Waals surface area contributed by atoms with E-state index in [1.807, 2.05) is 6.92 Å². The Morgan fingerprint density at radius 3 is 2.82 bits per heavy atom. The van der Waals surface area contributed by atoms with Crippen LogP contribution in [-0.2, 0) is 9.09 Å². The molecule has 0 radical (unpaired) electrons. The average Bonchev–Trinajstić information content (AvgIpc) is 1.98. The molecule has 11 heavy (non-hydrogen) atoms. The molecule has 2 nitrogen and oxygen atoms in total. The summed E-state index contributed by atoms with van der Waals surface area (Å²) >= 11 is 5.77. The van der Waals surface area contributed by atoms with Crippen molar-refractivity contribution in [1.82, 2.24) is 0 Å². The summed E-state index contributed by atoms with van der Waals surface area (Å²) in [4.78, 5) is 0. The minimum Gasteiger partial charge on any atom is -0.329 e. The van der Waals surface area contributed by atoms with E-state index in [0.717, 1.165) is 5.57 Å². The molecule has 0 N–H and O–H groups in total. The van der Waals surface area contributed by atoms with E-state index in [9.17, 15) is 4.57 Å². The van der Waals surface area contributed by atoms with Crippen molar-refractivity contribution in [2.45, 2.75) is 6.92 Å². The molecule has 0 bridgehead atoms.